The lowest BCUT2D eigenvalue weighted by atomic mass is 10.1. The Hall–Kier alpha value is -1.77. The molecule has 0 aromatic rings. The quantitative estimate of drug-likeness (QED) is 0.686. The van der Waals surface area contributed by atoms with Crippen LogP contribution in [-0.2, 0) is 9.53 Å². The molecule has 6 heteroatoms. The molecule has 2 atom stereocenters. The van der Waals surface area contributed by atoms with Crippen molar-refractivity contribution in [3.8, 4) is 6.07 Å². The molecule has 2 N–H and O–H groups in total. The number of carbonyl (C=O) groups is 2. The number of carbonyl (C=O) groups excluding carboxylic acids is 2. The third-order valence-electron chi connectivity index (χ3n) is 2.67. The molecule has 0 fully saturated rings. The highest BCUT2D eigenvalue weighted by atomic mass is 16.6. The van der Waals surface area contributed by atoms with Gasteiger partial charge in [-0.3, -0.25) is 4.79 Å². The minimum Gasteiger partial charge on any atom is -0.446 e. The van der Waals surface area contributed by atoms with Crippen LogP contribution >= 0.6 is 0 Å². The Morgan fingerprint density at radius 3 is 2.42 bits per heavy atom. The molecule has 6 nitrogen and oxygen atoms in total. The van der Waals surface area contributed by atoms with E-state index in [1.807, 2.05) is 26.8 Å². The van der Waals surface area contributed by atoms with Gasteiger partial charge in [-0.2, -0.15) is 5.26 Å². The lowest BCUT2D eigenvalue weighted by Crippen LogP contribution is -2.46. The van der Waals surface area contributed by atoms with E-state index in [0.717, 1.165) is 6.42 Å². The molecule has 0 radical (unpaired) electrons. The fourth-order valence-electron chi connectivity index (χ4n) is 1.50. The number of hydrogen-bond donors (Lipinski definition) is 2. The zero-order chi connectivity index (χ0) is 14.8. The van der Waals surface area contributed by atoms with Crippen molar-refractivity contribution in [3.63, 3.8) is 0 Å². The number of nitrogens with zero attached hydrogens (tertiary/aromatic N) is 1. The fraction of sp³-hybridized carbons (Fsp3) is 0.769. The van der Waals surface area contributed by atoms with Crippen LogP contribution in [-0.4, -0.2) is 30.7 Å². The monoisotopic (exact) mass is 269 g/mol. The van der Waals surface area contributed by atoms with Gasteiger partial charge in [0.15, 0.2) is 0 Å². The number of nitriles is 1. The summed E-state index contributed by atoms with van der Waals surface area (Å²) in [6.07, 6.45) is 0.222. The van der Waals surface area contributed by atoms with Crippen LogP contribution < -0.4 is 10.6 Å². The molecule has 0 bridgehead atoms. The zero-order valence-electron chi connectivity index (χ0n) is 12.0. The smallest absolute Gasteiger partial charge is 0.408 e. The lowest BCUT2D eigenvalue weighted by Gasteiger charge is -2.21. The molecule has 0 aromatic carbocycles. The highest BCUT2D eigenvalue weighted by Gasteiger charge is 2.20. The minimum absolute atomic E-state index is 0.158. The first kappa shape index (κ1) is 17.2. The fourth-order valence-corrected chi connectivity index (χ4v) is 1.50. The molecule has 2 amide bonds. The van der Waals surface area contributed by atoms with E-state index in [4.69, 9.17) is 10.00 Å². The molecule has 0 aliphatic heterocycles. The molecule has 0 saturated carbocycles. The van der Waals surface area contributed by atoms with Crippen molar-refractivity contribution in [2.75, 3.05) is 6.54 Å². The van der Waals surface area contributed by atoms with Gasteiger partial charge in [-0.25, -0.2) is 4.79 Å². The number of nitrogens with one attached hydrogen (secondary N) is 2. The van der Waals surface area contributed by atoms with Crippen LogP contribution in [0, 0.1) is 17.2 Å². The molecule has 0 aliphatic carbocycles. The van der Waals surface area contributed by atoms with Gasteiger partial charge in [-0.15, -0.1) is 0 Å². The third-order valence-corrected chi connectivity index (χ3v) is 2.67. The average Bonchev–Trinajstić information content (AvgIpc) is 2.35. The summed E-state index contributed by atoms with van der Waals surface area (Å²) in [4.78, 5) is 23.1. The van der Waals surface area contributed by atoms with Gasteiger partial charge in [0.25, 0.3) is 0 Å². The molecule has 0 rings (SSSR count). The van der Waals surface area contributed by atoms with Crippen LogP contribution in [0.4, 0.5) is 4.79 Å². The van der Waals surface area contributed by atoms with Crippen molar-refractivity contribution in [3.05, 3.63) is 0 Å². The van der Waals surface area contributed by atoms with E-state index in [9.17, 15) is 9.59 Å². The van der Waals surface area contributed by atoms with E-state index in [0.29, 0.717) is 0 Å². The van der Waals surface area contributed by atoms with Gasteiger partial charge in [0, 0.05) is 6.54 Å². The standard InChI is InChI=1S/C13H23N3O3/c1-5-11(9(2)3)19-13(18)16-10(4)12(17)15-8-6-7-14/h9-11H,5-6,8H2,1-4H3,(H,15,17)(H,16,18)/t10-,11?/m0/s1. The van der Waals surface area contributed by atoms with Gasteiger partial charge in [-0.05, 0) is 19.3 Å². The van der Waals surface area contributed by atoms with E-state index in [1.54, 1.807) is 6.92 Å². The van der Waals surface area contributed by atoms with Crippen LogP contribution in [0.25, 0.3) is 0 Å². The number of hydrogen-bond acceptors (Lipinski definition) is 4. The van der Waals surface area contributed by atoms with Crippen LogP contribution in [0.5, 0.6) is 0 Å². The second-order valence-electron chi connectivity index (χ2n) is 4.66. The Morgan fingerprint density at radius 2 is 1.95 bits per heavy atom. The Labute approximate surface area is 114 Å². The highest BCUT2D eigenvalue weighted by molar-refractivity contribution is 5.85. The molecule has 1 unspecified atom stereocenters. The first-order chi connectivity index (χ1) is 8.92. The molecular formula is C13H23N3O3. The lowest BCUT2D eigenvalue weighted by molar-refractivity contribution is -0.122. The molecule has 0 saturated heterocycles. The van der Waals surface area contributed by atoms with Crippen molar-refractivity contribution in [1.82, 2.24) is 10.6 Å². The molecular weight excluding hydrogens is 246 g/mol. The summed E-state index contributed by atoms with van der Waals surface area (Å²) in [5.74, 6) is -0.0969. The van der Waals surface area contributed by atoms with Gasteiger partial charge in [0.1, 0.15) is 12.1 Å². The molecule has 19 heavy (non-hydrogen) atoms. The summed E-state index contributed by atoms with van der Waals surface area (Å²) in [5.41, 5.74) is 0. The topological polar surface area (TPSA) is 91.2 Å². The number of amides is 2. The Bertz CT molecular complexity index is 337. The maximum absolute atomic E-state index is 11.6. The normalized spacial score (nSPS) is 13.3. The zero-order valence-corrected chi connectivity index (χ0v) is 12.0. The van der Waals surface area contributed by atoms with Crippen LogP contribution in [0.15, 0.2) is 0 Å². The van der Waals surface area contributed by atoms with Gasteiger partial charge in [0.2, 0.25) is 5.91 Å². The Kier molecular flexibility index (Phi) is 8.34. The van der Waals surface area contributed by atoms with Gasteiger partial charge in [0.05, 0.1) is 12.5 Å². The summed E-state index contributed by atoms with van der Waals surface area (Å²) < 4.78 is 5.23. The van der Waals surface area contributed by atoms with Crippen LogP contribution in [0.3, 0.4) is 0 Å². The van der Waals surface area contributed by atoms with Crippen molar-refractivity contribution in [2.45, 2.75) is 52.7 Å². The van der Waals surface area contributed by atoms with Crippen LogP contribution in [0.1, 0.15) is 40.5 Å². The summed E-state index contributed by atoms with van der Waals surface area (Å²) >= 11 is 0. The largest absolute Gasteiger partial charge is 0.446 e. The van der Waals surface area contributed by atoms with E-state index >= 15 is 0 Å². The Morgan fingerprint density at radius 1 is 1.32 bits per heavy atom. The van der Waals surface area contributed by atoms with E-state index in [-0.39, 0.29) is 30.9 Å². The first-order valence-electron chi connectivity index (χ1n) is 6.54. The van der Waals surface area contributed by atoms with E-state index < -0.39 is 12.1 Å². The van der Waals surface area contributed by atoms with E-state index in [1.165, 1.54) is 0 Å². The molecule has 0 spiro atoms. The summed E-state index contributed by atoms with van der Waals surface area (Å²) in [5, 5.41) is 13.4. The predicted octanol–water partition coefficient (Wildman–Crippen LogP) is 1.57. The van der Waals surface area contributed by atoms with Gasteiger partial charge >= 0.3 is 6.09 Å². The van der Waals surface area contributed by atoms with Crippen molar-refractivity contribution >= 4 is 12.0 Å². The summed E-state index contributed by atoms with van der Waals surface area (Å²) in [7, 11) is 0. The number of rotatable bonds is 7. The molecule has 0 heterocycles. The Balaban J connectivity index is 4.11. The average molecular weight is 269 g/mol. The van der Waals surface area contributed by atoms with Crippen molar-refractivity contribution in [1.29, 1.82) is 5.26 Å². The number of alkyl carbamates (subject to hydrolysis) is 1. The summed E-state index contributed by atoms with van der Waals surface area (Å²) in [6, 6.07) is 1.24. The second kappa shape index (κ2) is 9.20. The van der Waals surface area contributed by atoms with Gasteiger partial charge in [-0.1, -0.05) is 20.8 Å². The van der Waals surface area contributed by atoms with E-state index in [2.05, 4.69) is 10.6 Å². The number of ether oxygens (including phenoxy) is 1. The maximum atomic E-state index is 11.6. The first-order valence-corrected chi connectivity index (χ1v) is 6.54. The summed E-state index contributed by atoms with van der Waals surface area (Å²) in [6.45, 7) is 7.73. The van der Waals surface area contributed by atoms with Crippen LogP contribution in [0.2, 0.25) is 0 Å². The SMILES string of the molecule is CCC(OC(=O)N[C@@H](C)C(=O)NCCC#N)C(C)C. The van der Waals surface area contributed by atoms with Crippen molar-refractivity contribution < 1.29 is 14.3 Å². The molecule has 0 aromatic heterocycles. The predicted molar refractivity (Wildman–Crippen MR) is 71.2 cm³/mol. The maximum Gasteiger partial charge on any atom is 0.408 e. The third kappa shape index (κ3) is 7.29. The molecule has 108 valence electrons. The highest BCUT2D eigenvalue weighted by Crippen LogP contribution is 2.10. The second-order valence-corrected chi connectivity index (χ2v) is 4.66. The molecule has 0 aliphatic rings. The van der Waals surface area contributed by atoms with Gasteiger partial charge < -0.3 is 15.4 Å². The minimum atomic E-state index is -0.684. The van der Waals surface area contributed by atoms with Crippen molar-refractivity contribution in [2.24, 2.45) is 5.92 Å².